The van der Waals surface area contributed by atoms with Crippen LogP contribution >= 0.6 is 11.8 Å². The third-order valence-electron chi connectivity index (χ3n) is 2.21. The molecule has 0 aliphatic carbocycles. The van der Waals surface area contributed by atoms with Gasteiger partial charge in [0.15, 0.2) is 0 Å². The fourth-order valence-electron chi connectivity index (χ4n) is 1.60. The second kappa shape index (κ2) is 5.94. The van der Waals surface area contributed by atoms with Crippen LogP contribution in [-0.2, 0) is 4.79 Å². The molecule has 0 amide bonds. The van der Waals surface area contributed by atoms with Crippen LogP contribution in [0.25, 0.3) is 0 Å². The van der Waals surface area contributed by atoms with E-state index >= 15 is 0 Å². The summed E-state index contributed by atoms with van der Waals surface area (Å²) < 4.78 is 0. The average Bonchev–Trinajstić information content (AvgIpc) is 2.56. The molecule has 1 saturated heterocycles. The van der Waals surface area contributed by atoms with E-state index in [4.69, 9.17) is 11.5 Å². The minimum atomic E-state index is -0.800. The number of nitrogens with zero attached hydrogens (tertiary/aromatic N) is 1. The number of carboxylic acid groups (broad SMARTS) is 1. The lowest BCUT2D eigenvalue weighted by molar-refractivity contribution is -0.138. The molecule has 1 unspecified atom stereocenters. The van der Waals surface area contributed by atoms with Gasteiger partial charge in [0.1, 0.15) is 0 Å². The summed E-state index contributed by atoms with van der Waals surface area (Å²) in [6.45, 7) is 1.32. The molecule has 1 N–H and O–H groups in total. The van der Waals surface area contributed by atoms with Crippen LogP contribution in [0.2, 0.25) is 0 Å². The molecule has 1 fully saturated rings. The predicted molar refractivity (Wildman–Crippen MR) is 58.3 cm³/mol. The smallest absolute Gasteiger partial charge is 0.317 e. The monoisotopic (exact) mass is 213 g/mol. The van der Waals surface area contributed by atoms with Crippen LogP contribution in [0.4, 0.5) is 0 Å². The summed E-state index contributed by atoms with van der Waals surface area (Å²) >= 11 is 1.94. The second-order valence-electron chi connectivity index (χ2n) is 3.50. The molecule has 0 radical (unpaired) electrons. The van der Waals surface area contributed by atoms with Crippen molar-refractivity contribution in [3.63, 3.8) is 0 Å². The highest BCUT2D eigenvalue weighted by Crippen LogP contribution is 2.23. The Morgan fingerprint density at radius 2 is 2.50 bits per heavy atom. The van der Waals surface area contributed by atoms with E-state index in [1.165, 1.54) is 12.2 Å². The number of hydrogen-bond donors (Lipinski definition) is 1. The molecule has 14 heavy (non-hydrogen) atoms. The lowest BCUT2D eigenvalue weighted by Crippen LogP contribution is -2.34. The Labute approximate surface area is 88.9 Å². The van der Waals surface area contributed by atoms with Gasteiger partial charge < -0.3 is 5.11 Å². The highest BCUT2D eigenvalue weighted by Gasteiger charge is 2.19. The number of terminal acetylenes is 1. The SMILES string of the molecule is C#CCN(CC(=O)O)CC1CCSC1. The minimum Gasteiger partial charge on any atom is -0.480 e. The molecule has 0 aromatic rings. The average molecular weight is 213 g/mol. The zero-order chi connectivity index (χ0) is 10.4. The molecule has 1 aliphatic heterocycles. The Bertz CT molecular complexity index is 231. The summed E-state index contributed by atoms with van der Waals surface area (Å²) in [5, 5.41) is 8.67. The first-order valence-corrected chi connectivity index (χ1v) is 5.83. The quantitative estimate of drug-likeness (QED) is 0.685. The molecule has 1 atom stereocenters. The first-order chi connectivity index (χ1) is 6.72. The number of carboxylic acids is 1. The van der Waals surface area contributed by atoms with Crippen molar-refractivity contribution in [1.82, 2.24) is 4.90 Å². The fourth-order valence-corrected chi connectivity index (χ4v) is 2.87. The maximum absolute atomic E-state index is 10.5. The van der Waals surface area contributed by atoms with Gasteiger partial charge in [-0.15, -0.1) is 6.42 Å². The molecule has 1 aliphatic rings. The summed E-state index contributed by atoms with van der Waals surface area (Å²) in [5.41, 5.74) is 0. The van der Waals surface area contributed by atoms with E-state index in [1.54, 1.807) is 0 Å². The van der Waals surface area contributed by atoms with Crippen LogP contribution in [-0.4, -0.2) is 47.1 Å². The van der Waals surface area contributed by atoms with Crippen LogP contribution in [0, 0.1) is 18.3 Å². The Morgan fingerprint density at radius 1 is 1.71 bits per heavy atom. The van der Waals surface area contributed by atoms with Gasteiger partial charge in [-0.3, -0.25) is 9.69 Å². The molecule has 0 aromatic heterocycles. The van der Waals surface area contributed by atoms with Gasteiger partial charge in [0.05, 0.1) is 13.1 Å². The van der Waals surface area contributed by atoms with Gasteiger partial charge in [0, 0.05) is 6.54 Å². The third kappa shape index (κ3) is 4.03. The maximum Gasteiger partial charge on any atom is 0.317 e. The molecule has 0 spiro atoms. The number of thioether (sulfide) groups is 1. The van der Waals surface area contributed by atoms with Gasteiger partial charge in [-0.25, -0.2) is 0 Å². The number of rotatable bonds is 5. The molecule has 1 rings (SSSR count). The molecular weight excluding hydrogens is 198 g/mol. The van der Waals surface area contributed by atoms with Crippen LogP contribution in [0.5, 0.6) is 0 Å². The fraction of sp³-hybridized carbons (Fsp3) is 0.700. The molecule has 0 bridgehead atoms. The lowest BCUT2D eigenvalue weighted by Gasteiger charge is -2.20. The summed E-state index contributed by atoms with van der Waals surface area (Å²) in [6, 6.07) is 0. The Morgan fingerprint density at radius 3 is 3.00 bits per heavy atom. The van der Waals surface area contributed by atoms with Gasteiger partial charge >= 0.3 is 5.97 Å². The van der Waals surface area contributed by atoms with Crippen molar-refractivity contribution in [1.29, 1.82) is 0 Å². The van der Waals surface area contributed by atoms with Crippen molar-refractivity contribution < 1.29 is 9.90 Å². The highest BCUT2D eigenvalue weighted by molar-refractivity contribution is 7.99. The maximum atomic E-state index is 10.5. The van der Waals surface area contributed by atoms with Crippen molar-refractivity contribution >= 4 is 17.7 Å². The van der Waals surface area contributed by atoms with Gasteiger partial charge in [-0.05, 0) is 23.8 Å². The summed E-state index contributed by atoms with van der Waals surface area (Å²) in [6.07, 6.45) is 6.38. The lowest BCUT2D eigenvalue weighted by atomic mass is 10.1. The standard InChI is InChI=1S/C10H15NO2S/c1-2-4-11(7-10(12)13)6-9-3-5-14-8-9/h1,9H,3-8H2,(H,12,13). The summed E-state index contributed by atoms with van der Waals surface area (Å²) in [7, 11) is 0. The second-order valence-corrected chi connectivity index (χ2v) is 4.65. The van der Waals surface area contributed by atoms with Gasteiger partial charge in [-0.1, -0.05) is 5.92 Å². The summed E-state index contributed by atoms with van der Waals surface area (Å²) in [5.74, 6) is 4.66. The van der Waals surface area contributed by atoms with Crippen LogP contribution in [0.3, 0.4) is 0 Å². The number of aliphatic carboxylic acids is 1. The molecule has 4 heteroatoms. The van der Waals surface area contributed by atoms with E-state index in [2.05, 4.69) is 5.92 Å². The van der Waals surface area contributed by atoms with Crippen molar-refractivity contribution in [2.24, 2.45) is 5.92 Å². The largest absolute Gasteiger partial charge is 0.480 e. The van der Waals surface area contributed by atoms with Gasteiger partial charge in [0.25, 0.3) is 0 Å². The van der Waals surface area contributed by atoms with Crippen LogP contribution < -0.4 is 0 Å². The molecule has 78 valence electrons. The first-order valence-electron chi connectivity index (χ1n) is 4.67. The van der Waals surface area contributed by atoms with Crippen molar-refractivity contribution in [2.45, 2.75) is 6.42 Å². The van der Waals surface area contributed by atoms with Crippen LogP contribution in [0.1, 0.15) is 6.42 Å². The van der Waals surface area contributed by atoms with E-state index in [0.717, 1.165) is 12.3 Å². The van der Waals surface area contributed by atoms with E-state index in [1.807, 2.05) is 16.7 Å². The zero-order valence-corrected chi connectivity index (χ0v) is 8.92. The molecule has 0 aromatic carbocycles. The normalized spacial score (nSPS) is 21.0. The van der Waals surface area contributed by atoms with Gasteiger partial charge in [0.2, 0.25) is 0 Å². The molecular formula is C10H15NO2S. The predicted octanol–water partition coefficient (Wildman–Crippen LogP) is 0.759. The molecule has 3 nitrogen and oxygen atoms in total. The van der Waals surface area contributed by atoms with Gasteiger partial charge in [-0.2, -0.15) is 11.8 Å². The van der Waals surface area contributed by atoms with Crippen LogP contribution in [0.15, 0.2) is 0 Å². The van der Waals surface area contributed by atoms with E-state index in [0.29, 0.717) is 12.5 Å². The van der Waals surface area contributed by atoms with Crippen molar-refractivity contribution in [3.05, 3.63) is 0 Å². The molecule has 0 saturated carbocycles. The minimum absolute atomic E-state index is 0.0609. The Hall–Kier alpha value is -0.660. The van der Waals surface area contributed by atoms with Crippen molar-refractivity contribution in [2.75, 3.05) is 31.1 Å². The number of hydrogen-bond acceptors (Lipinski definition) is 3. The van der Waals surface area contributed by atoms with E-state index in [9.17, 15) is 4.79 Å². The Balaban J connectivity index is 2.34. The van der Waals surface area contributed by atoms with E-state index in [-0.39, 0.29) is 6.54 Å². The Kier molecular flexibility index (Phi) is 4.85. The van der Waals surface area contributed by atoms with Crippen molar-refractivity contribution in [3.8, 4) is 12.3 Å². The summed E-state index contributed by atoms with van der Waals surface area (Å²) in [4.78, 5) is 12.4. The number of carbonyl (C=O) groups is 1. The molecule has 1 heterocycles. The first kappa shape index (κ1) is 11.4. The van der Waals surface area contributed by atoms with E-state index < -0.39 is 5.97 Å². The topological polar surface area (TPSA) is 40.5 Å². The third-order valence-corrected chi connectivity index (χ3v) is 3.45. The highest BCUT2D eigenvalue weighted by atomic mass is 32.2. The zero-order valence-electron chi connectivity index (χ0n) is 8.11.